The second kappa shape index (κ2) is 10.4. The SMILES string of the molecule is [2H]C([2H])([2H])n1[c](=[Pt])n(-c2[c-]c(Oc3[c-]c4c(cc3-c3ccccc3)CCCN4c3ccccn3)ccc2)c2ccccc21. The molecule has 3 heterocycles. The van der Waals surface area contributed by atoms with Crippen LogP contribution in [-0.4, -0.2) is 20.7 Å². The summed E-state index contributed by atoms with van der Waals surface area (Å²) in [7, 11) is 0. The van der Waals surface area contributed by atoms with Crippen molar-refractivity contribution in [3.05, 3.63) is 125 Å². The van der Waals surface area contributed by atoms with E-state index in [0.29, 0.717) is 26.5 Å². The molecular formula is C34H26N4OPt-2. The number of benzene rings is 4. The molecule has 0 aliphatic carbocycles. The summed E-state index contributed by atoms with van der Waals surface area (Å²) in [5.41, 5.74) is 6.21. The van der Waals surface area contributed by atoms with E-state index >= 15 is 0 Å². The molecule has 0 atom stereocenters. The topological polar surface area (TPSA) is 35.2 Å². The zero-order chi connectivity index (χ0) is 29.6. The monoisotopic (exact) mass is 704 g/mol. The second-order valence-electron chi connectivity index (χ2n) is 9.60. The summed E-state index contributed by atoms with van der Waals surface area (Å²) in [6.07, 6.45) is 3.77. The van der Waals surface area contributed by atoms with Crippen LogP contribution in [0, 0.1) is 15.9 Å². The van der Waals surface area contributed by atoms with Crippen LogP contribution in [0.25, 0.3) is 27.8 Å². The first-order valence-corrected chi connectivity index (χ1v) is 14.2. The van der Waals surface area contributed by atoms with Crippen molar-refractivity contribution in [2.24, 2.45) is 6.98 Å². The third kappa shape index (κ3) is 4.41. The third-order valence-electron chi connectivity index (χ3n) is 7.12. The van der Waals surface area contributed by atoms with Crippen molar-refractivity contribution in [2.45, 2.75) is 12.8 Å². The molecule has 40 heavy (non-hydrogen) atoms. The molecule has 6 heteroatoms. The maximum absolute atomic E-state index is 8.15. The number of imidazole rings is 1. The molecule has 0 N–H and O–H groups in total. The standard InChI is InChI=1S/C34H26N4O.Pt/c1-36-24-38(31-17-6-5-16-30(31)36)27-14-9-15-28(22-27)39-33-23-32-26(21-29(33)25-11-3-2-4-12-25)13-10-20-37(32)34-18-7-8-19-35-34;/h2-9,11-12,14-19,21H,10,13,20H2,1H3;/q-2;/i1D3;. The summed E-state index contributed by atoms with van der Waals surface area (Å²) < 4.78 is 34.9. The molecule has 7 rings (SSSR count). The average Bonchev–Trinajstić information content (AvgIpc) is 3.33. The number of aromatic nitrogens is 3. The van der Waals surface area contributed by atoms with Crippen molar-refractivity contribution in [2.75, 3.05) is 11.4 Å². The van der Waals surface area contributed by atoms with Gasteiger partial charge in [-0.2, -0.15) is 0 Å². The Morgan fingerprint density at radius 1 is 0.900 bits per heavy atom. The van der Waals surface area contributed by atoms with E-state index in [1.807, 2.05) is 89.6 Å². The van der Waals surface area contributed by atoms with Gasteiger partial charge in [0.25, 0.3) is 0 Å². The van der Waals surface area contributed by atoms with Crippen molar-refractivity contribution in [1.82, 2.24) is 14.1 Å². The molecule has 4 aromatic carbocycles. The van der Waals surface area contributed by atoms with Crippen molar-refractivity contribution < 1.29 is 28.2 Å². The summed E-state index contributed by atoms with van der Waals surface area (Å²) in [6.45, 7) is -1.49. The Bertz CT molecular complexity index is 2000. The Balaban J connectivity index is 1.35. The quantitative estimate of drug-likeness (QED) is 0.174. The van der Waals surface area contributed by atoms with E-state index in [1.54, 1.807) is 0 Å². The molecule has 1 aliphatic rings. The number of para-hydroxylation sites is 2. The number of hydrogen-bond acceptors (Lipinski definition) is 3. The molecule has 2 aromatic heterocycles. The fraction of sp³-hybridized carbons (Fsp3) is 0.118. The molecular weight excluding hydrogens is 675 g/mol. The molecule has 5 nitrogen and oxygen atoms in total. The van der Waals surface area contributed by atoms with E-state index in [9.17, 15) is 0 Å². The molecule has 1 aliphatic heterocycles. The Morgan fingerprint density at radius 3 is 2.55 bits per heavy atom. The van der Waals surface area contributed by atoms with Crippen LogP contribution in [0.1, 0.15) is 16.1 Å². The number of rotatable bonds is 5. The Morgan fingerprint density at radius 2 is 1.73 bits per heavy atom. The first-order chi connectivity index (χ1) is 20.9. The number of aryl methyl sites for hydroxylation is 2. The van der Waals surface area contributed by atoms with Gasteiger partial charge in [-0.25, -0.2) is 0 Å². The second-order valence-corrected chi connectivity index (χ2v) is 10.6. The molecule has 0 saturated carbocycles. The van der Waals surface area contributed by atoms with Crippen molar-refractivity contribution in [1.29, 1.82) is 0 Å². The van der Waals surface area contributed by atoms with E-state index in [1.165, 1.54) is 10.1 Å². The fourth-order valence-electron chi connectivity index (χ4n) is 5.27. The van der Waals surface area contributed by atoms with Gasteiger partial charge in [0, 0.05) is 6.20 Å². The summed E-state index contributed by atoms with van der Waals surface area (Å²) in [5, 5.41) is 0. The van der Waals surface area contributed by atoms with Gasteiger partial charge >= 0.3 is 231 Å². The van der Waals surface area contributed by atoms with Gasteiger partial charge in [-0.3, -0.25) is 0 Å². The van der Waals surface area contributed by atoms with Crippen LogP contribution < -0.4 is 9.64 Å². The van der Waals surface area contributed by atoms with Gasteiger partial charge in [0.1, 0.15) is 0 Å². The minimum absolute atomic E-state index is 0.500. The predicted molar refractivity (Wildman–Crippen MR) is 155 cm³/mol. The normalized spacial score (nSPS) is 14.3. The summed E-state index contributed by atoms with van der Waals surface area (Å²) in [5.74, 6) is 1.97. The summed E-state index contributed by atoms with van der Waals surface area (Å²) in [6, 6.07) is 38.5. The van der Waals surface area contributed by atoms with E-state index in [4.69, 9.17) is 8.85 Å². The third-order valence-corrected chi connectivity index (χ3v) is 8.13. The van der Waals surface area contributed by atoms with Crippen LogP contribution >= 0.6 is 0 Å². The first kappa shape index (κ1) is 21.6. The number of nitrogens with zero attached hydrogens (tertiary/aromatic N) is 4. The maximum atomic E-state index is 8.15. The Kier molecular flexibility index (Phi) is 5.62. The van der Waals surface area contributed by atoms with Gasteiger partial charge < -0.3 is 0 Å². The van der Waals surface area contributed by atoms with Crippen molar-refractivity contribution in [3.8, 4) is 28.3 Å². The van der Waals surface area contributed by atoms with Crippen LogP contribution in [-0.2, 0) is 32.8 Å². The van der Waals surface area contributed by atoms with E-state index in [0.717, 1.165) is 47.5 Å². The molecule has 200 valence electrons. The van der Waals surface area contributed by atoms with Gasteiger partial charge in [-0.1, -0.05) is 6.07 Å². The molecule has 0 radical (unpaired) electrons. The minimum atomic E-state index is -2.34. The summed E-state index contributed by atoms with van der Waals surface area (Å²) >= 11 is 2.07. The molecule has 0 amide bonds. The van der Waals surface area contributed by atoms with Crippen LogP contribution in [0.15, 0.2) is 103 Å². The van der Waals surface area contributed by atoms with E-state index in [2.05, 4.69) is 59.6 Å². The van der Waals surface area contributed by atoms with Crippen LogP contribution in [0.5, 0.6) is 11.5 Å². The molecule has 6 aromatic rings. The molecule has 0 unspecified atom stereocenters. The predicted octanol–water partition coefficient (Wildman–Crippen LogP) is 7.59. The molecule has 0 spiro atoms. The molecule has 0 bridgehead atoms. The van der Waals surface area contributed by atoms with Crippen LogP contribution in [0.3, 0.4) is 0 Å². The number of pyridine rings is 1. The van der Waals surface area contributed by atoms with E-state index < -0.39 is 6.98 Å². The summed E-state index contributed by atoms with van der Waals surface area (Å²) in [4.78, 5) is 6.80. The van der Waals surface area contributed by atoms with Crippen LogP contribution in [0.2, 0.25) is 0 Å². The number of anilines is 2. The Hall–Kier alpha value is -4.21. The van der Waals surface area contributed by atoms with Gasteiger partial charge in [-0.15, -0.1) is 0 Å². The van der Waals surface area contributed by atoms with Crippen molar-refractivity contribution in [3.63, 3.8) is 0 Å². The van der Waals surface area contributed by atoms with E-state index in [-0.39, 0.29) is 0 Å². The van der Waals surface area contributed by atoms with Crippen LogP contribution in [0.4, 0.5) is 11.5 Å². The Labute approximate surface area is 248 Å². The zero-order valence-corrected chi connectivity index (χ0v) is 23.7. The zero-order valence-electron chi connectivity index (χ0n) is 24.4. The fourth-order valence-corrected chi connectivity index (χ4v) is 6.09. The first-order valence-electron chi connectivity index (χ1n) is 14.6. The van der Waals surface area contributed by atoms with Gasteiger partial charge in [0.05, 0.1) is 0 Å². The van der Waals surface area contributed by atoms with Gasteiger partial charge in [0.2, 0.25) is 0 Å². The molecule has 0 saturated heterocycles. The molecule has 0 fully saturated rings. The number of fused-ring (bicyclic) bond motifs is 2. The van der Waals surface area contributed by atoms with Gasteiger partial charge in [-0.05, 0) is 6.07 Å². The average molecular weight is 705 g/mol. The number of hydrogen-bond donors (Lipinski definition) is 0. The van der Waals surface area contributed by atoms with Crippen molar-refractivity contribution >= 4 is 22.5 Å². The number of ether oxygens (including phenoxy) is 1. The van der Waals surface area contributed by atoms with Gasteiger partial charge in [0.15, 0.2) is 0 Å².